The van der Waals surface area contributed by atoms with E-state index in [1.54, 1.807) is 6.07 Å². The molecule has 1 heterocycles. The SMILES string of the molecule is Cc1c(Cl)cccc1N[C@@H](c1ccccc1)c1nnc(-c2ccccc2Cl)o1. The minimum absolute atomic E-state index is 0.331. The Bertz CT molecular complexity index is 1100. The van der Waals surface area contributed by atoms with Crippen LogP contribution < -0.4 is 5.32 Å². The first kappa shape index (κ1) is 18.5. The van der Waals surface area contributed by atoms with E-state index < -0.39 is 0 Å². The molecule has 4 nitrogen and oxygen atoms in total. The molecule has 6 heteroatoms. The van der Waals surface area contributed by atoms with Crippen molar-refractivity contribution in [3.05, 3.63) is 99.9 Å². The first-order valence-electron chi connectivity index (χ1n) is 8.78. The monoisotopic (exact) mass is 409 g/mol. The van der Waals surface area contributed by atoms with Crippen LogP contribution in [0.4, 0.5) is 5.69 Å². The van der Waals surface area contributed by atoms with Gasteiger partial charge >= 0.3 is 0 Å². The van der Waals surface area contributed by atoms with Gasteiger partial charge in [-0.25, -0.2) is 0 Å². The van der Waals surface area contributed by atoms with E-state index >= 15 is 0 Å². The molecule has 0 bridgehead atoms. The molecule has 0 saturated heterocycles. The summed E-state index contributed by atoms with van der Waals surface area (Å²) in [6, 6.07) is 22.7. The molecule has 0 aliphatic rings. The topological polar surface area (TPSA) is 51.0 Å². The third kappa shape index (κ3) is 3.75. The fourth-order valence-electron chi connectivity index (χ4n) is 2.95. The number of benzene rings is 3. The fraction of sp³-hybridized carbons (Fsp3) is 0.0909. The van der Waals surface area contributed by atoms with Crippen LogP contribution in [0.2, 0.25) is 10.0 Å². The molecule has 0 spiro atoms. The Kier molecular flexibility index (Phi) is 5.33. The zero-order valence-corrected chi connectivity index (χ0v) is 16.6. The van der Waals surface area contributed by atoms with Crippen molar-refractivity contribution in [1.29, 1.82) is 0 Å². The number of hydrogen-bond acceptors (Lipinski definition) is 4. The summed E-state index contributed by atoms with van der Waals surface area (Å²) in [6.45, 7) is 1.97. The van der Waals surface area contributed by atoms with Crippen LogP contribution in [0.1, 0.15) is 23.1 Å². The predicted octanol–water partition coefficient (Wildman–Crippen LogP) is 6.55. The van der Waals surface area contributed by atoms with Gasteiger partial charge in [-0.05, 0) is 42.3 Å². The van der Waals surface area contributed by atoms with E-state index in [9.17, 15) is 0 Å². The van der Waals surface area contributed by atoms with Gasteiger partial charge in [0.15, 0.2) is 0 Å². The van der Waals surface area contributed by atoms with Gasteiger partial charge in [-0.1, -0.05) is 71.7 Å². The van der Waals surface area contributed by atoms with Gasteiger partial charge < -0.3 is 9.73 Å². The maximum atomic E-state index is 6.28. The minimum Gasteiger partial charge on any atom is -0.418 e. The van der Waals surface area contributed by atoms with Crippen LogP contribution >= 0.6 is 23.2 Å². The standard InChI is InChI=1S/C22H17Cl2N3O/c1-14-17(23)12-7-13-19(14)25-20(15-8-3-2-4-9-15)22-27-26-21(28-22)16-10-5-6-11-18(16)24/h2-13,20,25H,1H3/t20-/m0/s1. The highest BCUT2D eigenvalue weighted by Gasteiger charge is 2.23. The number of rotatable bonds is 5. The maximum Gasteiger partial charge on any atom is 0.249 e. The van der Waals surface area contributed by atoms with Crippen LogP contribution in [0.3, 0.4) is 0 Å². The third-order valence-electron chi connectivity index (χ3n) is 4.49. The minimum atomic E-state index is -0.331. The number of halogens is 2. The van der Waals surface area contributed by atoms with Crippen molar-refractivity contribution >= 4 is 28.9 Å². The Hall–Kier alpha value is -2.82. The summed E-state index contributed by atoms with van der Waals surface area (Å²) in [5.41, 5.74) is 3.56. The van der Waals surface area contributed by atoms with Crippen LogP contribution in [-0.4, -0.2) is 10.2 Å². The van der Waals surface area contributed by atoms with Crippen LogP contribution in [0.5, 0.6) is 0 Å². The van der Waals surface area contributed by atoms with Gasteiger partial charge in [0.1, 0.15) is 6.04 Å². The third-order valence-corrected chi connectivity index (χ3v) is 5.23. The lowest BCUT2D eigenvalue weighted by Gasteiger charge is -2.19. The molecule has 0 unspecified atom stereocenters. The van der Waals surface area contributed by atoms with Gasteiger partial charge in [0.25, 0.3) is 0 Å². The molecular weight excluding hydrogens is 393 g/mol. The van der Waals surface area contributed by atoms with Gasteiger partial charge in [0, 0.05) is 10.7 Å². The van der Waals surface area contributed by atoms with E-state index in [0.717, 1.165) is 16.8 Å². The molecule has 4 rings (SSSR count). The van der Waals surface area contributed by atoms with Crippen molar-refractivity contribution in [3.63, 3.8) is 0 Å². The Morgan fingerprint density at radius 1 is 0.821 bits per heavy atom. The maximum absolute atomic E-state index is 6.28. The second-order valence-electron chi connectivity index (χ2n) is 6.33. The molecular formula is C22H17Cl2N3O. The predicted molar refractivity (Wildman–Crippen MR) is 113 cm³/mol. The second-order valence-corrected chi connectivity index (χ2v) is 7.14. The Balaban J connectivity index is 1.75. The number of nitrogens with one attached hydrogen (secondary N) is 1. The van der Waals surface area contributed by atoms with Crippen molar-refractivity contribution in [2.45, 2.75) is 13.0 Å². The van der Waals surface area contributed by atoms with Gasteiger partial charge in [0.05, 0.1) is 10.6 Å². The largest absolute Gasteiger partial charge is 0.418 e. The first-order chi connectivity index (χ1) is 13.6. The Morgan fingerprint density at radius 3 is 2.32 bits per heavy atom. The lowest BCUT2D eigenvalue weighted by molar-refractivity contribution is 0.494. The molecule has 0 fully saturated rings. The summed E-state index contributed by atoms with van der Waals surface area (Å²) in [5, 5.41) is 13.2. The van der Waals surface area contributed by atoms with Crippen LogP contribution in [0, 0.1) is 6.92 Å². The van der Waals surface area contributed by atoms with Crippen LogP contribution in [-0.2, 0) is 0 Å². The van der Waals surface area contributed by atoms with Gasteiger partial charge in [-0.2, -0.15) is 0 Å². The Morgan fingerprint density at radius 2 is 1.54 bits per heavy atom. The van der Waals surface area contributed by atoms with Gasteiger partial charge in [0.2, 0.25) is 11.8 Å². The molecule has 1 aromatic heterocycles. The number of anilines is 1. The molecule has 0 radical (unpaired) electrons. The van der Waals surface area contributed by atoms with E-state index in [-0.39, 0.29) is 6.04 Å². The number of aromatic nitrogens is 2. The van der Waals surface area contributed by atoms with Crippen molar-refractivity contribution in [2.75, 3.05) is 5.32 Å². The van der Waals surface area contributed by atoms with Gasteiger partial charge in [-0.15, -0.1) is 10.2 Å². The highest BCUT2D eigenvalue weighted by atomic mass is 35.5. The molecule has 0 aliphatic heterocycles. The molecule has 140 valence electrons. The summed E-state index contributed by atoms with van der Waals surface area (Å²) in [7, 11) is 0. The molecule has 1 N–H and O–H groups in total. The van der Waals surface area contributed by atoms with Crippen molar-refractivity contribution < 1.29 is 4.42 Å². The van der Waals surface area contributed by atoms with Crippen molar-refractivity contribution in [2.24, 2.45) is 0 Å². The summed E-state index contributed by atoms with van der Waals surface area (Å²) in [5.74, 6) is 0.826. The Labute approximate surface area is 173 Å². The average Bonchev–Trinajstić information content (AvgIpc) is 3.20. The lowest BCUT2D eigenvalue weighted by atomic mass is 10.1. The zero-order valence-electron chi connectivity index (χ0n) is 15.1. The normalized spacial score (nSPS) is 12.0. The second kappa shape index (κ2) is 8.05. The highest BCUT2D eigenvalue weighted by Crippen LogP contribution is 2.33. The zero-order chi connectivity index (χ0) is 19.5. The van der Waals surface area contributed by atoms with E-state index in [0.29, 0.717) is 27.4 Å². The van der Waals surface area contributed by atoms with E-state index in [2.05, 4.69) is 15.5 Å². The molecule has 3 aromatic carbocycles. The summed E-state index contributed by atoms with van der Waals surface area (Å²) >= 11 is 12.6. The summed E-state index contributed by atoms with van der Waals surface area (Å²) < 4.78 is 6.01. The van der Waals surface area contributed by atoms with Crippen LogP contribution in [0.15, 0.2) is 77.2 Å². The average molecular weight is 410 g/mol. The summed E-state index contributed by atoms with van der Waals surface area (Å²) in [4.78, 5) is 0. The van der Waals surface area contributed by atoms with E-state index in [1.807, 2.05) is 73.7 Å². The molecule has 4 aromatic rings. The van der Waals surface area contributed by atoms with E-state index in [1.165, 1.54) is 0 Å². The van der Waals surface area contributed by atoms with E-state index in [4.69, 9.17) is 27.6 Å². The smallest absolute Gasteiger partial charge is 0.249 e. The van der Waals surface area contributed by atoms with Crippen molar-refractivity contribution in [3.8, 4) is 11.5 Å². The first-order valence-corrected chi connectivity index (χ1v) is 9.54. The van der Waals surface area contributed by atoms with Gasteiger partial charge in [-0.3, -0.25) is 0 Å². The molecule has 28 heavy (non-hydrogen) atoms. The van der Waals surface area contributed by atoms with Crippen LogP contribution in [0.25, 0.3) is 11.5 Å². The highest BCUT2D eigenvalue weighted by molar-refractivity contribution is 6.33. The molecule has 0 amide bonds. The summed E-state index contributed by atoms with van der Waals surface area (Å²) in [6.07, 6.45) is 0. The molecule has 0 saturated carbocycles. The molecule has 1 atom stereocenters. The van der Waals surface area contributed by atoms with Crippen molar-refractivity contribution in [1.82, 2.24) is 10.2 Å². The number of nitrogens with zero attached hydrogens (tertiary/aromatic N) is 2. The fourth-order valence-corrected chi connectivity index (χ4v) is 3.34. The lowest BCUT2D eigenvalue weighted by Crippen LogP contribution is -2.13. The quantitative estimate of drug-likeness (QED) is 0.405. The number of hydrogen-bond donors (Lipinski definition) is 1. The molecule has 0 aliphatic carbocycles.